The zero-order valence-electron chi connectivity index (χ0n) is 10.8. The van der Waals surface area contributed by atoms with Gasteiger partial charge in [-0.1, -0.05) is 6.07 Å². The van der Waals surface area contributed by atoms with Gasteiger partial charge >= 0.3 is 5.97 Å². The van der Waals surface area contributed by atoms with Crippen LogP contribution in [0.5, 0.6) is 5.75 Å². The molecule has 0 fully saturated rings. The van der Waals surface area contributed by atoms with Crippen molar-refractivity contribution in [2.75, 3.05) is 5.32 Å². The lowest BCUT2D eigenvalue weighted by Gasteiger charge is -2.19. The number of anilines is 1. The minimum Gasteiger partial charge on any atom is -0.508 e. The Hall–Kier alpha value is -2.30. The molecule has 0 radical (unpaired) electrons. The highest BCUT2D eigenvalue weighted by Gasteiger charge is 2.20. The highest BCUT2D eigenvalue weighted by molar-refractivity contribution is 5.92. The Bertz CT molecular complexity index is 613. The Balaban J connectivity index is 2.35. The fraction of sp³-hybridized carbons (Fsp3) is 0.286. The van der Waals surface area contributed by atoms with Crippen molar-refractivity contribution in [2.24, 2.45) is 5.92 Å². The van der Waals surface area contributed by atoms with Gasteiger partial charge in [-0.2, -0.15) is 0 Å². The number of hydrogen-bond donors (Lipinski definition) is 3. The second kappa shape index (κ2) is 5.14. The van der Waals surface area contributed by atoms with Crippen LogP contribution in [0.1, 0.15) is 13.8 Å². The molecule has 2 rings (SSSR count). The van der Waals surface area contributed by atoms with Crippen LogP contribution in [-0.2, 0) is 4.79 Å². The van der Waals surface area contributed by atoms with Gasteiger partial charge in [-0.05, 0) is 37.4 Å². The zero-order valence-corrected chi connectivity index (χ0v) is 10.8. The first-order valence-corrected chi connectivity index (χ1v) is 6.06. The van der Waals surface area contributed by atoms with E-state index in [0.717, 1.165) is 10.8 Å². The van der Waals surface area contributed by atoms with Gasteiger partial charge in [0.15, 0.2) is 0 Å². The van der Waals surface area contributed by atoms with Gasteiger partial charge in [0.2, 0.25) is 0 Å². The molecule has 5 heteroatoms. The predicted molar refractivity (Wildman–Crippen MR) is 73.3 cm³/mol. The highest BCUT2D eigenvalue weighted by Crippen LogP contribution is 2.26. The predicted octanol–water partition coefficient (Wildman–Crippen LogP) is 2.46. The van der Waals surface area contributed by atoms with Crippen LogP contribution in [0, 0.1) is 5.92 Å². The van der Waals surface area contributed by atoms with Gasteiger partial charge in [0, 0.05) is 17.6 Å². The van der Waals surface area contributed by atoms with Crippen LogP contribution in [0.4, 0.5) is 5.82 Å². The first-order valence-electron chi connectivity index (χ1n) is 6.06. The molecule has 0 saturated carbocycles. The molecule has 0 aliphatic rings. The van der Waals surface area contributed by atoms with E-state index in [1.165, 1.54) is 0 Å². The van der Waals surface area contributed by atoms with Crippen LogP contribution in [-0.4, -0.2) is 27.2 Å². The molecule has 2 unspecified atom stereocenters. The maximum Gasteiger partial charge on any atom is 0.308 e. The molecule has 3 N–H and O–H groups in total. The summed E-state index contributed by atoms with van der Waals surface area (Å²) in [7, 11) is 0. The van der Waals surface area contributed by atoms with Gasteiger partial charge in [-0.25, -0.2) is 4.98 Å². The maximum absolute atomic E-state index is 10.9. The van der Waals surface area contributed by atoms with E-state index in [-0.39, 0.29) is 11.8 Å². The van der Waals surface area contributed by atoms with Crippen molar-refractivity contribution in [3.8, 4) is 5.75 Å². The van der Waals surface area contributed by atoms with E-state index in [9.17, 15) is 9.90 Å². The molecule has 0 aliphatic heterocycles. The number of hydrogen-bond acceptors (Lipinski definition) is 4. The van der Waals surface area contributed by atoms with Crippen LogP contribution in [0.2, 0.25) is 0 Å². The number of phenols is 1. The number of aromatic nitrogens is 1. The molecule has 2 aromatic rings. The number of benzene rings is 1. The number of nitrogens with zero attached hydrogens (tertiary/aromatic N) is 1. The van der Waals surface area contributed by atoms with E-state index in [1.54, 1.807) is 38.2 Å². The van der Waals surface area contributed by atoms with Crippen LogP contribution >= 0.6 is 0 Å². The molecule has 0 aliphatic carbocycles. The lowest BCUT2D eigenvalue weighted by Crippen LogP contribution is -2.30. The SMILES string of the molecule is CC(Nc1nccc2ccc(O)cc12)C(C)C(=O)O. The summed E-state index contributed by atoms with van der Waals surface area (Å²) in [4.78, 5) is 15.2. The Morgan fingerprint density at radius 3 is 2.74 bits per heavy atom. The average molecular weight is 260 g/mol. The molecule has 1 aromatic heterocycles. The number of aromatic hydroxyl groups is 1. The number of phenolic OH excluding ortho intramolecular Hbond substituents is 1. The normalized spacial score (nSPS) is 14.0. The third kappa shape index (κ3) is 2.76. The molecule has 0 amide bonds. The highest BCUT2D eigenvalue weighted by atomic mass is 16.4. The van der Waals surface area contributed by atoms with Crippen LogP contribution in [0.25, 0.3) is 10.8 Å². The number of fused-ring (bicyclic) bond motifs is 1. The topological polar surface area (TPSA) is 82.5 Å². The fourth-order valence-corrected chi connectivity index (χ4v) is 1.83. The summed E-state index contributed by atoms with van der Waals surface area (Å²) in [5.41, 5.74) is 0. The first kappa shape index (κ1) is 13.1. The van der Waals surface area contributed by atoms with Crippen molar-refractivity contribution >= 4 is 22.6 Å². The largest absolute Gasteiger partial charge is 0.508 e. The molecular weight excluding hydrogens is 244 g/mol. The summed E-state index contributed by atoms with van der Waals surface area (Å²) in [6, 6.07) is 6.59. The quantitative estimate of drug-likeness (QED) is 0.786. The number of carboxylic acids is 1. The van der Waals surface area contributed by atoms with Crippen LogP contribution in [0.3, 0.4) is 0 Å². The van der Waals surface area contributed by atoms with E-state index in [2.05, 4.69) is 10.3 Å². The van der Waals surface area contributed by atoms with E-state index in [4.69, 9.17) is 5.11 Å². The molecule has 19 heavy (non-hydrogen) atoms. The third-order valence-corrected chi connectivity index (χ3v) is 3.25. The van der Waals surface area contributed by atoms with Crippen LogP contribution < -0.4 is 5.32 Å². The van der Waals surface area contributed by atoms with E-state index in [0.29, 0.717) is 5.82 Å². The van der Waals surface area contributed by atoms with E-state index in [1.807, 2.05) is 6.07 Å². The minimum absolute atomic E-state index is 0.155. The molecule has 5 nitrogen and oxygen atoms in total. The molecular formula is C14H16N2O3. The molecule has 100 valence electrons. The molecule has 1 aromatic carbocycles. The number of pyridine rings is 1. The number of carboxylic acid groups (broad SMARTS) is 1. The van der Waals surface area contributed by atoms with Crippen molar-refractivity contribution in [2.45, 2.75) is 19.9 Å². The number of nitrogens with one attached hydrogen (secondary N) is 1. The monoisotopic (exact) mass is 260 g/mol. The Morgan fingerprint density at radius 1 is 1.32 bits per heavy atom. The number of aliphatic carboxylic acids is 1. The standard InChI is InChI=1S/C14H16N2O3/c1-8(14(18)19)9(2)16-13-12-7-11(17)4-3-10(12)5-6-15-13/h3-9,17H,1-2H3,(H,15,16)(H,18,19). The van der Waals surface area contributed by atoms with E-state index >= 15 is 0 Å². The fourth-order valence-electron chi connectivity index (χ4n) is 1.83. The average Bonchev–Trinajstić information content (AvgIpc) is 2.38. The smallest absolute Gasteiger partial charge is 0.308 e. The van der Waals surface area contributed by atoms with Gasteiger partial charge in [0.1, 0.15) is 11.6 Å². The Labute approximate surface area is 110 Å². The molecule has 2 atom stereocenters. The third-order valence-electron chi connectivity index (χ3n) is 3.25. The lowest BCUT2D eigenvalue weighted by molar-refractivity contribution is -0.141. The Kier molecular flexibility index (Phi) is 3.55. The first-order chi connectivity index (χ1) is 8.99. The van der Waals surface area contributed by atoms with Crippen LogP contribution in [0.15, 0.2) is 30.5 Å². The lowest BCUT2D eigenvalue weighted by atomic mass is 10.0. The van der Waals surface area contributed by atoms with E-state index < -0.39 is 11.9 Å². The second-order valence-electron chi connectivity index (χ2n) is 4.62. The summed E-state index contributed by atoms with van der Waals surface area (Å²) >= 11 is 0. The van der Waals surface area contributed by atoms with Gasteiger partial charge in [0.05, 0.1) is 5.92 Å². The summed E-state index contributed by atoms with van der Waals surface area (Å²) in [6.07, 6.45) is 1.65. The summed E-state index contributed by atoms with van der Waals surface area (Å²) in [5.74, 6) is -0.658. The molecule has 0 bridgehead atoms. The second-order valence-corrected chi connectivity index (χ2v) is 4.62. The van der Waals surface area contributed by atoms with Gasteiger partial charge in [-0.3, -0.25) is 4.79 Å². The van der Waals surface area contributed by atoms with Gasteiger partial charge < -0.3 is 15.5 Å². The summed E-state index contributed by atoms with van der Waals surface area (Å²) < 4.78 is 0. The molecule has 0 spiro atoms. The Morgan fingerprint density at radius 2 is 2.05 bits per heavy atom. The van der Waals surface area contributed by atoms with Crippen molar-refractivity contribution in [3.63, 3.8) is 0 Å². The maximum atomic E-state index is 10.9. The van der Waals surface area contributed by atoms with Crippen molar-refractivity contribution < 1.29 is 15.0 Å². The van der Waals surface area contributed by atoms with Crippen molar-refractivity contribution in [3.05, 3.63) is 30.5 Å². The van der Waals surface area contributed by atoms with Gasteiger partial charge in [0.25, 0.3) is 0 Å². The molecule has 1 heterocycles. The summed E-state index contributed by atoms with van der Waals surface area (Å²) in [6.45, 7) is 3.44. The number of carbonyl (C=O) groups is 1. The van der Waals surface area contributed by atoms with Crippen molar-refractivity contribution in [1.29, 1.82) is 0 Å². The minimum atomic E-state index is -0.858. The molecule has 0 saturated heterocycles. The zero-order chi connectivity index (χ0) is 14.0. The van der Waals surface area contributed by atoms with Gasteiger partial charge in [-0.15, -0.1) is 0 Å². The summed E-state index contributed by atoms with van der Waals surface area (Å²) in [5, 5.41) is 23.3. The number of rotatable bonds is 4. The van der Waals surface area contributed by atoms with Crippen molar-refractivity contribution in [1.82, 2.24) is 4.98 Å².